The first-order chi connectivity index (χ1) is 7.99. The van der Waals surface area contributed by atoms with Crippen molar-refractivity contribution in [2.45, 2.75) is 12.7 Å². The molecule has 17 heavy (non-hydrogen) atoms. The zero-order valence-corrected chi connectivity index (χ0v) is 9.04. The van der Waals surface area contributed by atoms with Crippen molar-refractivity contribution in [2.75, 3.05) is 13.1 Å². The molecule has 0 atom stereocenters. The highest BCUT2D eigenvalue weighted by molar-refractivity contribution is 5.32. The van der Waals surface area contributed by atoms with Crippen LogP contribution in [0.1, 0.15) is 11.1 Å². The summed E-state index contributed by atoms with van der Waals surface area (Å²) >= 11 is 0. The summed E-state index contributed by atoms with van der Waals surface area (Å²) in [7, 11) is 0. The maximum atomic E-state index is 12.3. The summed E-state index contributed by atoms with van der Waals surface area (Å²) < 4.78 is 36.8. The minimum Gasteiger partial charge on any atom is -0.298 e. The van der Waals surface area contributed by atoms with Gasteiger partial charge in [0.15, 0.2) is 0 Å². The Labute approximate surface area is 97.3 Å². The fourth-order valence-corrected chi connectivity index (χ4v) is 1.90. The van der Waals surface area contributed by atoms with Crippen LogP contribution in [0.15, 0.2) is 24.3 Å². The van der Waals surface area contributed by atoms with E-state index in [-0.39, 0.29) is 13.1 Å². The Morgan fingerprint density at radius 3 is 2.65 bits per heavy atom. The van der Waals surface area contributed by atoms with Crippen LogP contribution in [-0.2, 0) is 6.54 Å². The Balaban J connectivity index is 1.90. The van der Waals surface area contributed by atoms with Gasteiger partial charge in [-0.1, -0.05) is 12.1 Å². The summed E-state index contributed by atoms with van der Waals surface area (Å²) in [5, 5.41) is 8.70. The molecule has 1 heterocycles. The molecule has 0 saturated carbocycles. The first-order valence-corrected chi connectivity index (χ1v) is 5.27. The molecule has 0 bridgehead atoms. The molecule has 0 spiro atoms. The van der Waals surface area contributed by atoms with E-state index >= 15 is 0 Å². The van der Waals surface area contributed by atoms with Crippen LogP contribution >= 0.6 is 0 Å². The van der Waals surface area contributed by atoms with Gasteiger partial charge < -0.3 is 0 Å². The molecule has 0 aliphatic carbocycles. The number of halogens is 3. The Morgan fingerprint density at radius 1 is 1.35 bits per heavy atom. The Hall–Kier alpha value is -1.54. The smallest absolute Gasteiger partial charge is 0.298 e. The van der Waals surface area contributed by atoms with Gasteiger partial charge in [0, 0.05) is 19.6 Å². The van der Waals surface area contributed by atoms with Crippen LogP contribution in [0.25, 0.3) is 0 Å². The van der Waals surface area contributed by atoms with E-state index in [4.69, 9.17) is 5.26 Å². The third kappa shape index (κ3) is 2.77. The van der Waals surface area contributed by atoms with E-state index in [1.165, 1.54) is 0 Å². The Bertz CT molecular complexity index is 442. The van der Waals surface area contributed by atoms with Crippen molar-refractivity contribution in [1.82, 2.24) is 4.90 Å². The molecular weight excluding hydrogens is 229 g/mol. The van der Waals surface area contributed by atoms with E-state index in [9.17, 15) is 13.2 Å². The average molecular weight is 240 g/mol. The average Bonchev–Trinajstić information content (AvgIpc) is 2.21. The molecule has 1 aliphatic heterocycles. The van der Waals surface area contributed by atoms with Gasteiger partial charge in [-0.15, -0.1) is 0 Å². The highest BCUT2D eigenvalue weighted by Crippen LogP contribution is 2.34. The standard InChI is InChI=1S/C12H11F3N2/c13-12(14,15)11-7-17(8-11)6-10-3-1-2-9(4-10)5-16/h1-4,11H,6-8H2. The maximum Gasteiger partial charge on any atom is 0.394 e. The second kappa shape index (κ2) is 4.38. The number of nitriles is 1. The van der Waals surface area contributed by atoms with Crippen LogP contribution in [0, 0.1) is 17.2 Å². The number of nitrogens with zero attached hydrogens (tertiary/aromatic N) is 2. The van der Waals surface area contributed by atoms with E-state index in [2.05, 4.69) is 0 Å². The maximum absolute atomic E-state index is 12.3. The van der Waals surface area contributed by atoms with Crippen molar-refractivity contribution in [3.05, 3.63) is 35.4 Å². The second-order valence-corrected chi connectivity index (χ2v) is 4.24. The lowest BCUT2D eigenvalue weighted by molar-refractivity contribution is -0.210. The van der Waals surface area contributed by atoms with Crippen LogP contribution in [-0.4, -0.2) is 24.2 Å². The number of hydrogen-bond donors (Lipinski definition) is 0. The van der Waals surface area contributed by atoms with Crippen molar-refractivity contribution in [3.8, 4) is 6.07 Å². The summed E-state index contributed by atoms with van der Waals surface area (Å²) in [6.07, 6.45) is -4.08. The SMILES string of the molecule is N#Cc1cccc(CN2CC(C(F)(F)F)C2)c1. The number of alkyl halides is 3. The minimum atomic E-state index is -4.08. The zero-order valence-electron chi connectivity index (χ0n) is 9.04. The predicted molar refractivity (Wildman–Crippen MR) is 56.0 cm³/mol. The van der Waals surface area contributed by atoms with Gasteiger partial charge in [0.05, 0.1) is 17.6 Å². The quantitative estimate of drug-likeness (QED) is 0.794. The van der Waals surface area contributed by atoms with E-state index in [1.807, 2.05) is 12.1 Å². The van der Waals surface area contributed by atoms with Gasteiger partial charge in [-0.05, 0) is 17.7 Å². The molecule has 0 aromatic heterocycles. The number of hydrogen-bond acceptors (Lipinski definition) is 2. The number of benzene rings is 1. The Morgan fingerprint density at radius 2 is 2.06 bits per heavy atom. The van der Waals surface area contributed by atoms with Crippen molar-refractivity contribution in [2.24, 2.45) is 5.92 Å². The molecule has 5 heteroatoms. The molecule has 0 amide bonds. The molecule has 90 valence electrons. The van der Waals surface area contributed by atoms with Gasteiger partial charge in [0.25, 0.3) is 0 Å². The van der Waals surface area contributed by atoms with Crippen LogP contribution in [0.2, 0.25) is 0 Å². The zero-order chi connectivity index (χ0) is 12.5. The van der Waals surface area contributed by atoms with Gasteiger partial charge in [-0.3, -0.25) is 4.90 Å². The minimum absolute atomic E-state index is 0.0558. The molecule has 1 saturated heterocycles. The summed E-state index contributed by atoms with van der Waals surface area (Å²) in [5.74, 6) is -1.19. The van der Waals surface area contributed by atoms with E-state index < -0.39 is 12.1 Å². The predicted octanol–water partition coefficient (Wildman–Crippen LogP) is 2.55. The number of likely N-dealkylation sites (tertiary alicyclic amines) is 1. The first kappa shape index (κ1) is 11.9. The molecule has 2 nitrogen and oxygen atoms in total. The summed E-state index contributed by atoms with van der Waals surface area (Å²) in [5.41, 5.74) is 1.42. The topological polar surface area (TPSA) is 27.0 Å². The Kier molecular flexibility index (Phi) is 3.07. The molecule has 0 radical (unpaired) electrons. The first-order valence-electron chi connectivity index (χ1n) is 5.27. The van der Waals surface area contributed by atoms with Gasteiger partial charge in [-0.25, -0.2) is 0 Å². The van der Waals surface area contributed by atoms with Crippen molar-refractivity contribution in [1.29, 1.82) is 5.26 Å². The van der Waals surface area contributed by atoms with Gasteiger partial charge in [-0.2, -0.15) is 18.4 Å². The molecule has 1 aromatic carbocycles. The lowest BCUT2D eigenvalue weighted by Gasteiger charge is -2.40. The summed E-state index contributed by atoms with van der Waals surface area (Å²) in [4.78, 5) is 1.73. The fourth-order valence-electron chi connectivity index (χ4n) is 1.90. The van der Waals surface area contributed by atoms with Crippen molar-refractivity contribution < 1.29 is 13.2 Å². The monoisotopic (exact) mass is 240 g/mol. The molecule has 1 aliphatic rings. The molecule has 1 aromatic rings. The molecule has 0 unspecified atom stereocenters. The van der Waals surface area contributed by atoms with E-state index in [1.54, 1.807) is 23.1 Å². The third-order valence-corrected chi connectivity index (χ3v) is 2.88. The summed E-state index contributed by atoms with van der Waals surface area (Å²) in [6.45, 7) is 0.586. The third-order valence-electron chi connectivity index (χ3n) is 2.88. The lowest BCUT2D eigenvalue weighted by atomic mass is 9.98. The summed E-state index contributed by atoms with van der Waals surface area (Å²) in [6, 6.07) is 8.97. The van der Waals surface area contributed by atoms with Crippen LogP contribution in [0.3, 0.4) is 0 Å². The highest BCUT2D eigenvalue weighted by atomic mass is 19.4. The van der Waals surface area contributed by atoms with E-state index in [0.717, 1.165) is 5.56 Å². The molecule has 2 rings (SSSR count). The largest absolute Gasteiger partial charge is 0.394 e. The van der Waals surface area contributed by atoms with Gasteiger partial charge in [0.1, 0.15) is 0 Å². The normalized spacial score (nSPS) is 17.5. The lowest BCUT2D eigenvalue weighted by Crippen LogP contribution is -2.52. The van der Waals surface area contributed by atoms with Gasteiger partial charge in [0.2, 0.25) is 0 Å². The fraction of sp³-hybridized carbons (Fsp3) is 0.417. The second-order valence-electron chi connectivity index (χ2n) is 4.24. The molecular formula is C12H11F3N2. The van der Waals surface area contributed by atoms with E-state index in [0.29, 0.717) is 12.1 Å². The van der Waals surface area contributed by atoms with Crippen LogP contribution in [0.4, 0.5) is 13.2 Å². The number of rotatable bonds is 2. The molecule has 0 N–H and O–H groups in total. The van der Waals surface area contributed by atoms with Crippen LogP contribution in [0.5, 0.6) is 0 Å². The van der Waals surface area contributed by atoms with Gasteiger partial charge >= 0.3 is 6.18 Å². The van der Waals surface area contributed by atoms with Crippen molar-refractivity contribution in [3.63, 3.8) is 0 Å². The van der Waals surface area contributed by atoms with Crippen molar-refractivity contribution >= 4 is 0 Å². The highest BCUT2D eigenvalue weighted by Gasteiger charge is 2.46. The van der Waals surface area contributed by atoms with Crippen LogP contribution < -0.4 is 0 Å². The molecule has 1 fully saturated rings.